The average Bonchev–Trinajstić information content (AvgIpc) is 3.31. The fourth-order valence-electron chi connectivity index (χ4n) is 3.99. The van der Waals surface area contributed by atoms with Gasteiger partial charge in [-0.25, -0.2) is 0 Å². The minimum absolute atomic E-state index is 0.0595. The number of amides is 1. The maximum atomic E-state index is 12.9. The Kier molecular flexibility index (Phi) is 3.72. The zero-order chi connectivity index (χ0) is 16.7. The number of rotatable bonds is 6. The molecular formula is C18H21NO5. The topological polar surface area (TPSA) is 69.0 Å². The first-order valence-electron chi connectivity index (χ1n) is 8.49. The van der Waals surface area contributed by atoms with Gasteiger partial charge >= 0.3 is 5.97 Å². The molecule has 24 heavy (non-hydrogen) atoms. The summed E-state index contributed by atoms with van der Waals surface area (Å²) in [7, 11) is 0. The highest BCUT2D eigenvalue weighted by Crippen LogP contribution is 2.52. The van der Waals surface area contributed by atoms with E-state index in [2.05, 4.69) is 0 Å². The molecule has 2 fully saturated rings. The molecule has 128 valence electrons. The van der Waals surface area contributed by atoms with Gasteiger partial charge in [-0.05, 0) is 18.6 Å². The van der Waals surface area contributed by atoms with E-state index >= 15 is 0 Å². The van der Waals surface area contributed by atoms with Gasteiger partial charge in [-0.3, -0.25) is 9.59 Å². The van der Waals surface area contributed by atoms with Crippen molar-refractivity contribution < 1.29 is 23.5 Å². The molecule has 0 saturated carbocycles. The fraction of sp³-hybridized carbons (Fsp3) is 0.556. The van der Waals surface area contributed by atoms with E-state index in [4.69, 9.17) is 13.9 Å². The van der Waals surface area contributed by atoms with Gasteiger partial charge in [-0.15, -0.1) is 0 Å². The second kappa shape index (κ2) is 5.77. The predicted molar refractivity (Wildman–Crippen MR) is 83.7 cm³/mol. The summed E-state index contributed by atoms with van der Waals surface area (Å²) in [5.41, 5.74) is -0.692. The van der Waals surface area contributed by atoms with Crippen LogP contribution in [0.3, 0.4) is 0 Å². The summed E-state index contributed by atoms with van der Waals surface area (Å²) < 4.78 is 16.7. The van der Waals surface area contributed by atoms with E-state index in [1.165, 1.54) is 0 Å². The third-order valence-electron chi connectivity index (χ3n) is 5.12. The molecule has 0 N–H and O–H groups in total. The van der Waals surface area contributed by atoms with Crippen LogP contribution in [-0.2, 0) is 25.6 Å². The maximum absolute atomic E-state index is 12.9. The lowest BCUT2D eigenvalue weighted by Crippen LogP contribution is -2.40. The number of hydrogen-bond acceptors (Lipinski definition) is 5. The SMILES string of the molecule is CCCCOC(=O)[C@H]1[C@@H]2C=C[C@@]3(CN(Cc4ccco4)C(=O)[C@H]13)O2. The van der Waals surface area contributed by atoms with Crippen molar-refractivity contribution in [3.8, 4) is 0 Å². The van der Waals surface area contributed by atoms with Gasteiger partial charge in [-0.1, -0.05) is 25.5 Å². The molecule has 0 radical (unpaired) electrons. The van der Waals surface area contributed by atoms with Crippen molar-refractivity contribution in [3.05, 3.63) is 36.3 Å². The summed E-state index contributed by atoms with van der Waals surface area (Å²) >= 11 is 0. The molecule has 4 rings (SSSR count). The monoisotopic (exact) mass is 331 g/mol. The molecule has 3 aliphatic heterocycles. The van der Waals surface area contributed by atoms with Crippen LogP contribution in [0.4, 0.5) is 0 Å². The quantitative estimate of drug-likeness (QED) is 0.452. The number of carbonyl (C=O) groups excluding carboxylic acids is 2. The maximum Gasteiger partial charge on any atom is 0.312 e. The van der Waals surface area contributed by atoms with Crippen LogP contribution in [0, 0.1) is 11.8 Å². The molecule has 0 unspecified atom stereocenters. The minimum atomic E-state index is -0.692. The van der Waals surface area contributed by atoms with Crippen LogP contribution in [0.15, 0.2) is 35.0 Å². The standard InChI is InChI=1S/C18H21NO5/c1-2-3-8-23-17(21)14-13-6-7-18(24-13)11-19(16(20)15(14)18)10-12-5-4-9-22-12/h4-7,9,13-15H,2-3,8,10-11H2,1H3/t13-,14-,15-,18-/m0/s1. The molecule has 4 heterocycles. The van der Waals surface area contributed by atoms with E-state index in [9.17, 15) is 9.59 Å². The average molecular weight is 331 g/mol. The number of esters is 1. The number of hydrogen-bond donors (Lipinski definition) is 0. The lowest BCUT2D eigenvalue weighted by molar-refractivity contribution is -0.154. The van der Waals surface area contributed by atoms with E-state index in [0.29, 0.717) is 19.7 Å². The molecule has 0 aromatic carbocycles. The number of nitrogens with zero attached hydrogens (tertiary/aromatic N) is 1. The zero-order valence-corrected chi connectivity index (χ0v) is 13.6. The van der Waals surface area contributed by atoms with E-state index in [-0.39, 0.29) is 18.0 Å². The lowest BCUT2D eigenvalue weighted by Gasteiger charge is -2.22. The number of fused-ring (bicyclic) bond motifs is 1. The number of likely N-dealkylation sites (tertiary alicyclic amines) is 1. The summed E-state index contributed by atoms with van der Waals surface area (Å²) in [4.78, 5) is 27.1. The van der Waals surface area contributed by atoms with Crippen molar-refractivity contribution in [2.45, 2.75) is 38.0 Å². The molecule has 1 amide bonds. The van der Waals surface area contributed by atoms with Gasteiger partial charge in [0.2, 0.25) is 5.91 Å². The summed E-state index contributed by atoms with van der Waals surface area (Å²) in [6.07, 6.45) is 6.86. The number of furan rings is 1. The van der Waals surface area contributed by atoms with E-state index in [0.717, 1.165) is 18.6 Å². The molecule has 1 aromatic heterocycles. The van der Waals surface area contributed by atoms with Gasteiger partial charge in [0, 0.05) is 0 Å². The van der Waals surface area contributed by atoms with Crippen LogP contribution < -0.4 is 0 Å². The second-order valence-corrected chi connectivity index (χ2v) is 6.69. The number of ether oxygens (including phenoxy) is 2. The molecule has 0 aliphatic carbocycles. The highest BCUT2D eigenvalue weighted by molar-refractivity contribution is 5.91. The Morgan fingerprint density at radius 2 is 2.38 bits per heavy atom. The van der Waals surface area contributed by atoms with Crippen LogP contribution in [0.25, 0.3) is 0 Å². The summed E-state index contributed by atoms with van der Waals surface area (Å²) in [6, 6.07) is 3.63. The van der Waals surface area contributed by atoms with E-state index in [1.54, 1.807) is 17.2 Å². The van der Waals surface area contributed by atoms with Crippen LogP contribution in [0.2, 0.25) is 0 Å². The van der Waals surface area contributed by atoms with Gasteiger partial charge in [0.1, 0.15) is 17.3 Å². The van der Waals surface area contributed by atoms with Crippen molar-refractivity contribution in [3.63, 3.8) is 0 Å². The molecule has 2 bridgehead atoms. The van der Waals surface area contributed by atoms with Crippen molar-refractivity contribution in [2.75, 3.05) is 13.2 Å². The molecular weight excluding hydrogens is 310 g/mol. The first kappa shape index (κ1) is 15.4. The lowest BCUT2D eigenvalue weighted by atomic mass is 9.77. The van der Waals surface area contributed by atoms with Gasteiger partial charge in [-0.2, -0.15) is 0 Å². The predicted octanol–water partition coefficient (Wildman–Crippen LogP) is 1.90. The van der Waals surface area contributed by atoms with Crippen LogP contribution >= 0.6 is 0 Å². The Morgan fingerprint density at radius 3 is 3.12 bits per heavy atom. The Balaban J connectivity index is 1.52. The highest BCUT2D eigenvalue weighted by atomic mass is 16.6. The second-order valence-electron chi connectivity index (χ2n) is 6.69. The first-order valence-corrected chi connectivity index (χ1v) is 8.49. The molecule has 3 aliphatic rings. The summed E-state index contributed by atoms with van der Waals surface area (Å²) in [6.45, 7) is 3.28. The van der Waals surface area contributed by atoms with Gasteiger partial charge in [0.05, 0.1) is 38.0 Å². The van der Waals surface area contributed by atoms with Crippen molar-refractivity contribution in [2.24, 2.45) is 11.8 Å². The van der Waals surface area contributed by atoms with Gasteiger partial charge in [0.15, 0.2) is 0 Å². The zero-order valence-electron chi connectivity index (χ0n) is 13.6. The number of carbonyl (C=O) groups is 2. The van der Waals surface area contributed by atoms with Crippen LogP contribution in [0.1, 0.15) is 25.5 Å². The highest BCUT2D eigenvalue weighted by Gasteiger charge is 2.67. The molecule has 4 atom stereocenters. The van der Waals surface area contributed by atoms with E-state index < -0.39 is 17.4 Å². The van der Waals surface area contributed by atoms with Crippen molar-refractivity contribution in [1.29, 1.82) is 0 Å². The number of unbranched alkanes of at least 4 members (excludes halogenated alkanes) is 1. The molecule has 1 spiro atoms. The van der Waals surface area contributed by atoms with E-state index in [1.807, 2.05) is 25.1 Å². The largest absolute Gasteiger partial charge is 0.467 e. The van der Waals surface area contributed by atoms with Crippen LogP contribution in [0.5, 0.6) is 0 Å². The van der Waals surface area contributed by atoms with Gasteiger partial charge in [0.25, 0.3) is 0 Å². The summed E-state index contributed by atoms with van der Waals surface area (Å²) in [5.74, 6) is -0.688. The molecule has 6 nitrogen and oxygen atoms in total. The van der Waals surface area contributed by atoms with Crippen molar-refractivity contribution in [1.82, 2.24) is 4.90 Å². The molecule has 2 saturated heterocycles. The molecule has 6 heteroatoms. The third-order valence-corrected chi connectivity index (χ3v) is 5.12. The normalized spacial score (nSPS) is 33.3. The Morgan fingerprint density at radius 1 is 1.50 bits per heavy atom. The third kappa shape index (κ3) is 2.28. The summed E-state index contributed by atoms with van der Waals surface area (Å²) in [5, 5.41) is 0. The fourth-order valence-corrected chi connectivity index (χ4v) is 3.99. The molecule has 1 aromatic rings. The Labute approximate surface area is 140 Å². The Hall–Kier alpha value is -2.08. The van der Waals surface area contributed by atoms with Crippen molar-refractivity contribution >= 4 is 11.9 Å². The van der Waals surface area contributed by atoms with Crippen LogP contribution in [-0.4, -0.2) is 41.6 Å². The van der Waals surface area contributed by atoms with Gasteiger partial charge < -0.3 is 18.8 Å². The Bertz CT molecular complexity index is 667. The minimum Gasteiger partial charge on any atom is -0.467 e. The first-order chi connectivity index (χ1) is 11.6. The smallest absolute Gasteiger partial charge is 0.312 e.